The topological polar surface area (TPSA) is 71.9 Å². The number of amidine groups is 1. The lowest BCUT2D eigenvalue weighted by Gasteiger charge is -2.22. The molecule has 0 bridgehead atoms. The van der Waals surface area contributed by atoms with Gasteiger partial charge in [0.2, 0.25) is 0 Å². The van der Waals surface area contributed by atoms with E-state index in [0.29, 0.717) is 30.3 Å². The van der Waals surface area contributed by atoms with E-state index in [1.165, 1.54) is 4.90 Å². The maximum Gasteiger partial charge on any atom is 0.292 e. The zero-order valence-electron chi connectivity index (χ0n) is 11.2. The maximum absolute atomic E-state index is 12.7. The van der Waals surface area contributed by atoms with Gasteiger partial charge >= 0.3 is 0 Å². The first kappa shape index (κ1) is 12.8. The first-order valence-electron chi connectivity index (χ1n) is 6.80. The Morgan fingerprint density at radius 3 is 2.90 bits per heavy atom. The highest BCUT2D eigenvalue weighted by Gasteiger charge is 2.46. The van der Waals surface area contributed by atoms with Crippen molar-refractivity contribution in [2.45, 2.75) is 12.1 Å². The average Bonchev–Trinajstić information content (AvgIpc) is 3.06. The molecule has 6 nitrogen and oxygen atoms in total. The Bertz CT molecular complexity index is 621. The van der Waals surface area contributed by atoms with E-state index in [0.717, 1.165) is 11.5 Å². The Balaban J connectivity index is 1.64. The number of hydrogen-bond acceptors (Lipinski definition) is 6. The number of carbonyl (C=O) groups excluding carboxylic acids is 1. The summed E-state index contributed by atoms with van der Waals surface area (Å²) in [7, 11) is 0. The van der Waals surface area contributed by atoms with E-state index in [1.54, 1.807) is 30.0 Å². The molecular formula is C14H14N2O4S. The zero-order valence-corrected chi connectivity index (χ0v) is 12.0. The molecule has 3 aliphatic rings. The monoisotopic (exact) mass is 306 g/mol. The Labute approximate surface area is 125 Å². The predicted octanol–water partition coefficient (Wildman–Crippen LogP) is 1.35. The van der Waals surface area contributed by atoms with Crippen LogP contribution in [0.4, 0.5) is 0 Å². The third kappa shape index (κ3) is 2.03. The fraction of sp³-hybridized carbons (Fsp3) is 0.429. The summed E-state index contributed by atoms with van der Waals surface area (Å²) in [6.45, 7) is 1.00. The maximum atomic E-state index is 12.7. The van der Waals surface area contributed by atoms with Gasteiger partial charge in [-0.15, -0.1) is 0 Å². The van der Waals surface area contributed by atoms with E-state index in [-0.39, 0.29) is 24.1 Å². The minimum atomic E-state index is -0.216. The number of hydrogen-bond donors (Lipinski definition) is 1. The summed E-state index contributed by atoms with van der Waals surface area (Å²) in [5.74, 6) is 2.66. The number of nitrogens with one attached hydrogen (secondary N) is 1. The molecule has 1 N–H and O–H groups in total. The summed E-state index contributed by atoms with van der Waals surface area (Å²) in [6, 6.07) is 5.04. The lowest BCUT2D eigenvalue weighted by Crippen LogP contribution is -2.41. The van der Waals surface area contributed by atoms with Crippen molar-refractivity contribution in [3.05, 3.63) is 23.8 Å². The molecule has 0 aliphatic carbocycles. The van der Waals surface area contributed by atoms with Gasteiger partial charge in [0.15, 0.2) is 11.5 Å². The fourth-order valence-electron chi connectivity index (χ4n) is 2.79. The molecule has 1 aromatic carbocycles. The molecule has 21 heavy (non-hydrogen) atoms. The van der Waals surface area contributed by atoms with Gasteiger partial charge in [0, 0.05) is 17.1 Å². The largest absolute Gasteiger partial charge is 0.486 e. The second kappa shape index (κ2) is 4.84. The summed E-state index contributed by atoms with van der Waals surface area (Å²) in [6.07, 6.45) is -0.0522. The van der Waals surface area contributed by atoms with Crippen LogP contribution in [-0.2, 0) is 4.74 Å². The molecule has 0 radical (unpaired) electrons. The molecule has 2 saturated heterocycles. The summed E-state index contributed by atoms with van der Waals surface area (Å²) in [5.41, 5.74) is 0.491. The van der Waals surface area contributed by atoms with E-state index < -0.39 is 0 Å². The number of ether oxygens (including phenoxy) is 3. The standard InChI is InChI=1S/C14H14N2O4S/c15-14-16(9-6-21-7-12(9)20-14)13(17)8-1-2-10-11(5-8)19-4-3-18-10/h1-2,5,9,12,15H,3-4,6-7H2/t9-,12+/m0/s1. The van der Waals surface area contributed by atoms with Crippen LogP contribution < -0.4 is 9.47 Å². The molecule has 0 spiro atoms. The van der Waals surface area contributed by atoms with E-state index in [2.05, 4.69) is 0 Å². The minimum Gasteiger partial charge on any atom is -0.486 e. The molecular weight excluding hydrogens is 292 g/mol. The van der Waals surface area contributed by atoms with Crippen molar-refractivity contribution in [2.24, 2.45) is 0 Å². The van der Waals surface area contributed by atoms with Crippen molar-refractivity contribution < 1.29 is 19.0 Å². The van der Waals surface area contributed by atoms with Crippen LogP contribution in [0.3, 0.4) is 0 Å². The van der Waals surface area contributed by atoms with Gasteiger partial charge in [-0.3, -0.25) is 15.1 Å². The number of fused-ring (bicyclic) bond motifs is 2. The first-order chi connectivity index (χ1) is 10.2. The second-order valence-corrected chi connectivity index (χ2v) is 6.17. The highest BCUT2D eigenvalue weighted by Crippen LogP contribution is 2.35. The molecule has 7 heteroatoms. The number of rotatable bonds is 1. The number of carbonyl (C=O) groups is 1. The fourth-order valence-corrected chi connectivity index (χ4v) is 4.05. The summed E-state index contributed by atoms with van der Waals surface area (Å²) in [5, 5.41) is 7.89. The molecule has 3 aliphatic heterocycles. The van der Waals surface area contributed by atoms with Crippen molar-refractivity contribution in [1.82, 2.24) is 4.90 Å². The number of thioether (sulfide) groups is 1. The molecule has 4 rings (SSSR count). The molecule has 0 saturated carbocycles. The Hall–Kier alpha value is -1.89. The lowest BCUT2D eigenvalue weighted by atomic mass is 10.1. The van der Waals surface area contributed by atoms with Crippen LogP contribution in [0.1, 0.15) is 10.4 Å². The summed E-state index contributed by atoms with van der Waals surface area (Å²) >= 11 is 1.75. The molecule has 110 valence electrons. The van der Waals surface area contributed by atoms with Gasteiger partial charge in [0.1, 0.15) is 19.3 Å². The van der Waals surface area contributed by atoms with Gasteiger partial charge in [-0.25, -0.2) is 0 Å². The predicted molar refractivity (Wildman–Crippen MR) is 77.3 cm³/mol. The molecule has 3 heterocycles. The van der Waals surface area contributed by atoms with Crippen LogP contribution in [0.25, 0.3) is 0 Å². The van der Waals surface area contributed by atoms with Crippen molar-refractivity contribution in [2.75, 3.05) is 24.7 Å². The quantitative estimate of drug-likeness (QED) is 0.848. The molecule has 1 amide bonds. The van der Waals surface area contributed by atoms with E-state index in [4.69, 9.17) is 19.6 Å². The van der Waals surface area contributed by atoms with Gasteiger partial charge in [0.05, 0.1) is 6.04 Å². The number of nitrogens with zero attached hydrogens (tertiary/aromatic N) is 1. The van der Waals surface area contributed by atoms with Gasteiger partial charge in [-0.05, 0) is 18.2 Å². The molecule has 2 atom stereocenters. The van der Waals surface area contributed by atoms with Crippen LogP contribution in [0.5, 0.6) is 11.5 Å². The molecule has 0 aromatic heterocycles. The van der Waals surface area contributed by atoms with Gasteiger partial charge in [-0.2, -0.15) is 11.8 Å². The number of amides is 1. The highest BCUT2D eigenvalue weighted by molar-refractivity contribution is 7.99. The Kier molecular flexibility index (Phi) is 2.95. The van der Waals surface area contributed by atoms with Gasteiger partial charge in [-0.1, -0.05) is 0 Å². The van der Waals surface area contributed by atoms with Gasteiger partial charge in [0.25, 0.3) is 11.9 Å². The van der Waals surface area contributed by atoms with Crippen molar-refractivity contribution in [3.8, 4) is 11.5 Å². The third-order valence-electron chi connectivity index (χ3n) is 3.82. The van der Waals surface area contributed by atoms with Gasteiger partial charge < -0.3 is 14.2 Å². The van der Waals surface area contributed by atoms with Crippen LogP contribution in [-0.4, -0.2) is 53.7 Å². The second-order valence-electron chi connectivity index (χ2n) is 5.10. The van der Waals surface area contributed by atoms with E-state index in [9.17, 15) is 4.79 Å². The molecule has 2 fully saturated rings. The Morgan fingerprint density at radius 1 is 1.24 bits per heavy atom. The first-order valence-corrected chi connectivity index (χ1v) is 7.95. The zero-order chi connectivity index (χ0) is 14.4. The van der Waals surface area contributed by atoms with Crippen molar-refractivity contribution >= 4 is 23.7 Å². The summed E-state index contributed by atoms with van der Waals surface area (Å²) in [4.78, 5) is 14.1. The number of benzene rings is 1. The third-order valence-corrected chi connectivity index (χ3v) is 4.96. The molecule has 1 aromatic rings. The van der Waals surface area contributed by atoms with Crippen LogP contribution >= 0.6 is 11.8 Å². The van der Waals surface area contributed by atoms with E-state index >= 15 is 0 Å². The normalized spacial score (nSPS) is 26.5. The lowest BCUT2D eigenvalue weighted by molar-refractivity contribution is 0.0822. The average molecular weight is 306 g/mol. The van der Waals surface area contributed by atoms with Crippen LogP contribution in [0.2, 0.25) is 0 Å². The Morgan fingerprint density at radius 2 is 2.05 bits per heavy atom. The van der Waals surface area contributed by atoms with Crippen molar-refractivity contribution in [1.29, 1.82) is 5.41 Å². The van der Waals surface area contributed by atoms with Crippen LogP contribution in [0.15, 0.2) is 18.2 Å². The highest BCUT2D eigenvalue weighted by atomic mass is 32.2. The summed E-state index contributed by atoms with van der Waals surface area (Å²) < 4.78 is 16.4. The SMILES string of the molecule is N=C1O[C@@H]2CSC[C@@H]2N1C(=O)c1ccc2c(c1)OCCO2. The van der Waals surface area contributed by atoms with E-state index in [1.807, 2.05) is 0 Å². The smallest absolute Gasteiger partial charge is 0.292 e. The molecule has 0 unspecified atom stereocenters. The van der Waals surface area contributed by atoms with Crippen LogP contribution in [0, 0.1) is 5.41 Å². The minimum absolute atomic E-state index is 0.0387. The van der Waals surface area contributed by atoms with Crippen molar-refractivity contribution in [3.63, 3.8) is 0 Å².